The summed E-state index contributed by atoms with van der Waals surface area (Å²) in [6, 6.07) is 1.12. The normalized spacial score (nSPS) is 23.1. The molecule has 0 bridgehead atoms. The lowest BCUT2D eigenvalue weighted by molar-refractivity contribution is 0.00477. The maximum Gasteiger partial charge on any atom is 0.352 e. The average Bonchev–Trinajstić information content (AvgIpc) is 2.38. The predicted molar refractivity (Wildman–Crippen MR) is 67.9 cm³/mol. The van der Waals surface area contributed by atoms with Crippen molar-refractivity contribution in [1.29, 1.82) is 0 Å². The molecule has 0 radical (unpaired) electrons. The van der Waals surface area contributed by atoms with Crippen molar-refractivity contribution in [2.24, 2.45) is 0 Å². The molecule has 1 N–H and O–H groups in total. The molecule has 2 unspecified atom stereocenters. The number of aromatic carboxylic acids is 1. The standard InChI is InChI=1S/C13H17NO5/c1-8-5-9(3-4-19-8)14-7-12(18-2)11(15)6-10(14)13(16)17/h6-9H,3-5H2,1-2H3,(H,16,17). The molecule has 0 amide bonds. The van der Waals surface area contributed by atoms with Gasteiger partial charge in [0.1, 0.15) is 5.69 Å². The first kappa shape index (κ1) is 13.6. The Morgan fingerprint density at radius 3 is 2.89 bits per heavy atom. The van der Waals surface area contributed by atoms with Crippen molar-refractivity contribution in [3.63, 3.8) is 0 Å². The summed E-state index contributed by atoms with van der Waals surface area (Å²) < 4.78 is 12.0. The monoisotopic (exact) mass is 267 g/mol. The molecule has 2 rings (SSSR count). The minimum Gasteiger partial charge on any atom is -0.491 e. The van der Waals surface area contributed by atoms with E-state index in [2.05, 4.69) is 0 Å². The van der Waals surface area contributed by atoms with Crippen molar-refractivity contribution < 1.29 is 19.4 Å². The molecule has 2 atom stereocenters. The number of hydrogen-bond donors (Lipinski definition) is 1. The van der Waals surface area contributed by atoms with Crippen LogP contribution in [0.15, 0.2) is 17.1 Å². The third-order valence-electron chi connectivity index (χ3n) is 3.34. The topological polar surface area (TPSA) is 77.8 Å². The number of hydrogen-bond acceptors (Lipinski definition) is 4. The lowest BCUT2D eigenvalue weighted by Gasteiger charge is -2.30. The van der Waals surface area contributed by atoms with Gasteiger partial charge in [0.25, 0.3) is 0 Å². The summed E-state index contributed by atoms with van der Waals surface area (Å²) in [6.07, 6.45) is 2.99. The zero-order valence-corrected chi connectivity index (χ0v) is 11.0. The fourth-order valence-electron chi connectivity index (χ4n) is 2.38. The second-order valence-corrected chi connectivity index (χ2v) is 4.66. The summed E-state index contributed by atoms with van der Waals surface area (Å²) in [6.45, 7) is 2.53. The Morgan fingerprint density at radius 2 is 2.32 bits per heavy atom. The van der Waals surface area contributed by atoms with Gasteiger partial charge in [0.2, 0.25) is 5.43 Å². The fourth-order valence-corrected chi connectivity index (χ4v) is 2.38. The highest BCUT2D eigenvalue weighted by Crippen LogP contribution is 2.27. The number of ether oxygens (including phenoxy) is 2. The van der Waals surface area contributed by atoms with E-state index in [9.17, 15) is 14.7 Å². The second-order valence-electron chi connectivity index (χ2n) is 4.66. The zero-order chi connectivity index (χ0) is 14.0. The van der Waals surface area contributed by atoms with Crippen LogP contribution >= 0.6 is 0 Å². The fraction of sp³-hybridized carbons (Fsp3) is 0.538. The molecule has 0 saturated carbocycles. The van der Waals surface area contributed by atoms with Crippen LogP contribution in [0, 0.1) is 0 Å². The Morgan fingerprint density at radius 1 is 1.58 bits per heavy atom. The third-order valence-corrected chi connectivity index (χ3v) is 3.34. The summed E-state index contributed by atoms with van der Waals surface area (Å²) in [7, 11) is 1.40. The molecular weight excluding hydrogens is 250 g/mol. The summed E-state index contributed by atoms with van der Waals surface area (Å²) >= 11 is 0. The van der Waals surface area contributed by atoms with E-state index in [1.807, 2.05) is 6.92 Å². The van der Waals surface area contributed by atoms with Gasteiger partial charge in [0.05, 0.1) is 19.4 Å². The number of aromatic nitrogens is 1. The van der Waals surface area contributed by atoms with Gasteiger partial charge < -0.3 is 19.1 Å². The summed E-state index contributed by atoms with van der Waals surface area (Å²) in [5.74, 6) is -0.956. The third kappa shape index (κ3) is 2.78. The maximum absolute atomic E-state index is 11.6. The van der Waals surface area contributed by atoms with Crippen molar-refractivity contribution >= 4 is 5.97 Å². The molecule has 0 aromatic carbocycles. The smallest absolute Gasteiger partial charge is 0.352 e. The summed E-state index contributed by atoms with van der Waals surface area (Å²) in [4.78, 5) is 22.9. The molecular formula is C13H17NO5. The zero-order valence-electron chi connectivity index (χ0n) is 11.0. The first-order valence-corrected chi connectivity index (χ1v) is 6.18. The average molecular weight is 267 g/mol. The van der Waals surface area contributed by atoms with Crippen molar-refractivity contribution in [3.05, 3.63) is 28.2 Å². The van der Waals surface area contributed by atoms with Gasteiger partial charge in [-0.25, -0.2) is 4.79 Å². The van der Waals surface area contributed by atoms with Crippen LogP contribution in [0.1, 0.15) is 36.3 Å². The SMILES string of the molecule is COc1cn(C2CCOC(C)C2)c(C(=O)O)cc1=O. The van der Waals surface area contributed by atoms with Crippen LogP contribution in [0.5, 0.6) is 5.75 Å². The number of pyridine rings is 1. The quantitative estimate of drug-likeness (QED) is 0.893. The van der Waals surface area contributed by atoms with E-state index in [1.165, 1.54) is 13.3 Å². The molecule has 19 heavy (non-hydrogen) atoms. The molecule has 1 saturated heterocycles. The maximum atomic E-state index is 11.6. The van der Waals surface area contributed by atoms with Gasteiger partial charge in [-0.3, -0.25) is 4.79 Å². The van der Waals surface area contributed by atoms with Crippen LogP contribution in [0.2, 0.25) is 0 Å². The van der Waals surface area contributed by atoms with Crippen molar-refractivity contribution in [3.8, 4) is 5.75 Å². The van der Waals surface area contributed by atoms with Gasteiger partial charge in [-0.05, 0) is 19.8 Å². The molecule has 0 aliphatic carbocycles. The van der Waals surface area contributed by atoms with Crippen LogP contribution in [-0.2, 0) is 4.74 Å². The number of carboxylic acids is 1. The van der Waals surface area contributed by atoms with Crippen LogP contribution in [0.4, 0.5) is 0 Å². The lowest BCUT2D eigenvalue weighted by atomic mass is 10.0. The van der Waals surface area contributed by atoms with E-state index in [0.29, 0.717) is 13.0 Å². The Labute approximate surface area is 110 Å². The van der Waals surface area contributed by atoms with E-state index >= 15 is 0 Å². The Kier molecular flexibility index (Phi) is 3.90. The number of methoxy groups -OCH3 is 1. The van der Waals surface area contributed by atoms with Crippen molar-refractivity contribution in [2.45, 2.75) is 31.9 Å². The van der Waals surface area contributed by atoms with Crippen LogP contribution in [0.25, 0.3) is 0 Å². The van der Waals surface area contributed by atoms with E-state index in [4.69, 9.17) is 9.47 Å². The van der Waals surface area contributed by atoms with Gasteiger partial charge in [0, 0.05) is 18.7 Å². The minimum atomic E-state index is -1.11. The molecule has 1 aromatic rings. The van der Waals surface area contributed by atoms with E-state index in [1.54, 1.807) is 4.57 Å². The van der Waals surface area contributed by atoms with Crippen LogP contribution in [-0.4, -0.2) is 35.5 Å². The summed E-state index contributed by atoms with van der Waals surface area (Å²) in [5, 5.41) is 9.22. The molecule has 0 spiro atoms. The van der Waals surface area contributed by atoms with E-state index in [0.717, 1.165) is 12.5 Å². The van der Waals surface area contributed by atoms with E-state index < -0.39 is 11.4 Å². The molecule has 1 aliphatic heterocycles. The molecule has 104 valence electrons. The summed E-state index contributed by atoms with van der Waals surface area (Å²) in [5.41, 5.74) is -0.429. The Hall–Kier alpha value is -1.82. The number of carbonyl (C=O) groups is 1. The largest absolute Gasteiger partial charge is 0.491 e. The minimum absolute atomic E-state index is 0.00403. The molecule has 1 fully saturated rings. The molecule has 6 heteroatoms. The van der Waals surface area contributed by atoms with Gasteiger partial charge >= 0.3 is 5.97 Å². The molecule has 6 nitrogen and oxygen atoms in total. The highest BCUT2D eigenvalue weighted by molar-refractivity contribution is 5.85. The van der Waals surface area contributed by atoms with Gasteiger partial charge in [-0.2, -0.15) is 0 Å². The Balaban J connectivity index is 2.47. The van der Waals surface area contributed by atoms with Crippen LogP contribution < -0.4 is 10.2 Å². The highest BCUT2D eigenvalue weighted by atomic mass is 16.5. The lowest BCUT2D eigenvalue weighted by Crippen LogP contribution is -2.29. The van der Waals surface area contributed by atoms with Gasteiger partial charge in [0.15, 0.2) is 5.75 Å². The van der Waals surface area contributed by atoms with Gasteiger partial charge in [-0.1, -0.05) is 0 Å². The molecule has 1 aromatic heterocycles. The van der Waals surface area contributed by atoms with Crippen LogP contribution in [0.3, 0.4) is 0 Å². The first-order chi connectivity index (χ1) is 9.02. The number of carboxylic acid groups (broad SMARTS) is 1. The van der Waals surface area contributed by atoms with Crippen molar-refractivity contribution in [1.82, 2.24) is 4.57 Å². The Bertz CT molecular complexity index is 536. The first-order valence-electron chi connectivity index (χ1n) is 6.18. The number of nitrogens with zero attached hydrogens (tertiary/aromatic N) is 1. The predicted octanol–water partition coefficient (Wildman–Crippen LogP) is 1.30. The van der Waals surface area contributed by atoms with Crippen molar-refractivity contribution in [2.75, 3.05) is 13.7 Å². The highest BCUT2D eigenvalue weighted by Gasteiger charge is 2.24. The molecule has 2 heterocycles. The molecule has 1 aliphatic rings. The van der Waals surface area contributed by atoms with Gasteiger partial charge in [-0.15, -0.1) is 0 Å². The van der Waals surface area contributed by atoms with E-state index in [-0.39, 0.29) is 23.6 Å². The second kappa shape index (κ2) is 5.44. The number of rotatable bonds is 3.